The number of aliphatic carboxylic acids is 1. The average Bonchev–Trinajstić information content (AvgIpc) is 2.03. The largest absolute Gasteiger partial charge is 0.481 e. The van der Waals surface area contributed by atoms with Crippen molar-refractivity contribution in [2.45, 2.75) is 33.1 Å². The van der Waals surface area contributed by atoms with Crippen LogP contribution >= 0.6 is 0 Å². The molecule has 3 nitrogen and oxygen atoms in total. The van der Waals surface area contributed by atoms with E-state index >= 15 is 0 Å². The van der Waals surface area contributed by atoms with Crippen LogP contribution in [0.5, 0.6) is 0 Å². The molecule has 0 rings (SSSR count). The third-order valence-corrected chi connectivity index (χ3v) is 2.31. The molecule has 0 spiro atoms. The second kappa shape index (κ2) is 6.00. The number of carboxylic acid groups (broad SMARTS) is 1. The van der Waals surface area contributed by atoms with Crippen LogP contribution in [-0.2, 0) is 4.79 Å². The zero-order valence-corrected chi connectivity index (χ0v) is 7.79. The topological polar surface area (TPSA) is 57.5 Å². The smallest absolute Gasteiger partial charge is 0.306 e. The fourth-order valence-electron chi connectivity index (χ4n) is 1.07. The molecule has 0 radical (unpaired) electrons. The summed E-state index contributed by atoms with van der Waals surface area (Å²) < 4.78 is 0. The normalized spacial score (nSPS) is 15.6. The van der Waals surface area contributed by atoms with Gasteiger partial charge in [-0.05, 0) is 18.8 Å². The highest BCUT2D eigenvalue weighted by Gasteiger charge is 2.18. The fraction of sp³-hybridized carbons (Fsp3) is 0.889. The van der Waals surface area contributed by atoms with Crippen LogP contribution in [0.1, 0.15) is 33.1 Å². The molecule has 72 valence electrons. The second-order valence-corrected chi connectivity index (χ2v) is 3.32. The average molecular weight is 174 g/mol. The van der Waals surface area contributed by atoms with Gasteiger partial charge in [-0.2, -0.15) is 0 Å². The zero-order chi connectivity index (χ0) is 9.56. The van der Waals surface area contributed by atoms with Gasteiger partial charge in [0.15, 0.2) is 0 Å². The minimum absolute atomic E-state index is 0.203. The Hall–Kier alpha value is -0.570. The van der Waals surface area contributed by atoms with Gasteiger partial charge in [0.05, 0.1) is 5.92 Å². The monoisotopic (exact) mass is 174 g/mol. The molecule has 3 heteroatoms. The van der Waals surface area contributed by atoms with Crippen LogP contribution < -0.4 is 0 Å². The van der Waals surface area contributed by atoms with E-state index in [1.807, 2.05) is 6.92 Å². The summed E-state index contributed by atoms with van der Waals surface area (Å²) in [6.07, 6.45) is 2.57. The van der Waals surface area contributed by atoms with E-state index in [-0.39, 0.29) is 18.4 Å². The van der Waals surface area contributed by atoms with E-state index in [0.717, 1.165) is 19.3 Å². The Morgan fingerprint density at radius 2 is 1.92 bits per heavy atom. The Morgan fingerprint density at radius 3 is 2.33 bits per heavy atom. The first-order valence-corrected chi connectivity index (χ1v) is 4.43. The molecule has 0 aliphatic carbocycles. The lowest BCUT2D eigenvalue weighted by molar-refractivity contribution is -0.142. The zero-order valence-electron chi connectivity index (χ0n) is 7.79. The maximum atomic E-state index is 10.5. The fourth-order valence-corrected chi connectivity index (χ4v) is 1.07. The third kappa shape index (κ3) is 4.34. The van der Waals surface area contributed by atoms with Crippen molar-refractivity contribution in [1.82, 2.24) is 0 Å². The third-order valence-electron chi connectivity index (χ3n) is 2.31. The number of hydrogen-bond acceptors (Lipinski definition) is 2. The lowest BCUT2D eigenvalue weighted by Crippen LogP contribution is -2.18. The van der Waals surface area contributed by atoms with E-state index in [1.165, 1.54) is 0 Å². The number of rotatable bonds is 6. The molecule has 0 saturated heterocycles. The molecule has 0 heterocycles. The number of unbranched alkanes of at least 4 members (excludes halogenated alkanes) is 1. The highest BCUT2D eigenvalue weighted by Crippen LogP contribution is 2.17. The standard InChI is InChI=1S/C9H18O3/c1-7(5-3-4-6-10)8(2)9(11)12/h7-8,10H,3-6H2,1-2H3,(H,11,12). The molecule has 0 aromatic heterocycles. The van der Waals surface area contributed by atoms with E-state index in [0.29, 0.717) is 0 Å². The van der Waals surface area contributed by atoms with Crippen LogP contribution in [-0.4, -0.2) is 22.8 Å². The van der Waals surface area contributed by atoms with Gasteiger partial charge in [0.1, 0.15) is 0 Å². The number of carboxylic acids is 1. The maximum absolute atomic E-state index is 10.5. The highest BCUT2D eigenvalue weighted by molar-refractivity contribution is 5.69. The summed E-state index contributed by atoms with van der Waals surface area (Å²) in [5.41, 5.74) is 0. The first-order valence-electron chi connectivity index (χ1n) is 4.43. The second-order valence-electron chi connectivity index (χ2n) is 3.32. The molecule has 0 saturated carbocycles. The van der Waals surface area contributed by atoms with Gasteiger partial charge in [-0.15, -0.1) is 0 Å². The van der Waals surface area contributed by atoms with Crippen LogP contribution in [0.25, 0.3) is 0 Å². The minimum atomic E-state index is -0.730. The van der Waals surface area contributed by atoms with Crippen molar-refractivity contribution >= 4 is 5.97 Å². The first kappa shape index (κ1) is 11.4. The molecule has 0 fully saturated rings. The Balaban J connectivity index is 3.56. The van der Waals surface area contributed by atoms with Gasteiger partial charge in [-0.1, -0.05) is 20.3 Å². The van der Waals surface area contributed by atoms with Crippen molar-refractivity contribution in [2.24, 2.45) is 11.8 Å². The van der Waals surface area contributed by atoms with Crippen molar-refractivity contribution in [3.8, 4) is 0 Å². The van der Waals surface area contributed by atoms with E-state index < -0.39 is 5.97 Å². The number of carbonyl (C=O) groups is 1. The summed E-state index contributed by atoms with van der Waals surface area (Å²) >= 11 is 0. The summed E-state index contributed by atoms with van der Waals surface area (Å²) in [6, 6.07) is 0. The molecule has 2 unspecified atom stereocenters. The minimum Gasteiger partial charge on any atom is -0.481 e. The Labute approximate surface area is 73.4 Å². The van der Waals surface area contributed by atoms with Gasteiger partial charge >= 0.3 is 5.97 Å². The van der Waals surface area contributed by atoms with Crippen molar-refractivity contribution in [3.63, 3.8) is 0 Å². The molecule has 2 atom stereocenters. The van der Waals surface area contributed by atoms with Crippen molar-refractivity contribution in [2.75, 3.05) is 6.61 Å². The number of aliphatic hydroxyl groups is 1. The summed E-state index contributed by atoms with van der Waals surface area (Å²) in [4.78, 5) is 10.5. The molecule has 0 aromatic carbocycles. The van der Waals surface area contributed by atoms with Crippen LogP contribution in [0.4, 0.5) is 0 Å². The van der Waals surface area contributed by atoms with Gasteiger partial charge in [0, 0.05) is 6.61 Å². The van der Waals surface area contributed by atoms with Crippen LogP contribution in [0, 0.1) is 11.8 Å². The Bertz CT molecular complexity index is 134. The summed E-state index contributed by atoms with van der Waals surface area (Å²) in [6.45, 7) is 3.87. The van der Waals surface area contributed by atoms with Crippen molar-refractivity contribution in [1.29, 1.82) is 0 Å². The SMILES string of the molecule is CC(CCCCO)C(C)C(=O)O. The molecule has 0 amide bonds. The van der Waals surface area contributed by atoms with E-state index in [9.17, 15) is 4.79 Å². The lowest BCUT2D eigenvalue weighted by Gasteiger charge is -2.14. The molecule has 0 aliphatic heterocycles. The molecule has 2 N–H and O–H groups in total. The van der Waals surface area contributed by atoms with Gasteiger partial charge in [0.2, 0.25) is 0 Å². The first-order chi connectivity index (χ1) is 5.59. The Morgan fingerprint density at radius 1 is 1.33 bits per heavy atom. The van der Waals surface area contributed by atoms with Crippen LogP contribution in [0.15, 0.2) is 0 Å². The van der Waals surface area contributed by atoms with E-state index in [1.54, 1.807) is 6.92 Å². The summed E-state index contributed by atoms with van der Waals surface area (Å²) in [7, 11) is 0. The van der Waals surface area contributed by atoms with Crippen molar-refractivity contribution < 1.29 is 15.0 Å². The predicted octanol–water partition coefficient (Wildman–Crippen LogP) is 1.51. The molecule has 0 aliphatic rings. The van der Waals surface area contributed by atoms with Gasteiger partial charge in [-0.3, -0.25) is 4.79 Å². The number of hydrogen-bond donors (Lipinski definition) is 2. The molecular weight excluding hydrogens is 156 g/mol. The van der Waals surface area contributed by atoms with Crippen molar-refractivity contribution in [3.05, 3.63) is 0 Å². The van der Waals surface area contributed by atoms with E-state index in [4.69, 9.17) is 10.2 Å². The summed E-state index contributed by atoms with van der Waals surface area (Å²) in [5, 5.41) is 17.2. The van der Waals surface area contributed by atoms with Crippen LogP contribution in [0.3, 0.4) is 0 Å². The lowest BCUT2D eigenvalue weighted by atomic mass is 9.91. The molecular formula is C9H18O3. The predicted molar refractivity (Wildman–Crippen MR) is 46.9 cm³/mol. The van der Waals surface area contributed by atoms with Gasteiger partial charge in [-0.25, -0.2) is 0 Å². The number of aliphatic hydroxyl groups excluding tert-OH is 1. The quantitative estimate of drug-likeness (QED) is 0.600. The summed E-state index contributed by atoms with van der Waals surface area (Å²) in [5.74, 6) is -0.802. The maximum Gasteiger partial charge on any atom is 0.306 e. The molecule has 0 bridgehead atoms. The van der Waals surface area contributed by atoms with E-state index in [2.05, 4.69) is 0 Å². The molecule has 0 aromatic rings. The molecule has 12 heavy (non-hydrogen) atoms. The highest BCUT2D eigenvalue weighted by atomic mass is 16.4. The van der Waals surface area contributed by atoms with Gasteiger partial charge < -0.3 is 10.2 Å². The van der Waals surface area contributed by atoms with Crippen LogP contribution in [0.2, 0.25) is 0 Å². The Kier molecular flexibility index (Phi) is 5.72. The van der Waals surface area contributed by atoms with Gasteiger partial charge in [0.25, 0.3) is 0 Å².